The Hall–Kier alpha value is -2.00. The first kappa shape index (κ1) is 14.4. The van der Waals surface area contributed by atoms with Crippen LogP contribution in [0.25, 0.3) is 0 Å². The van der Waals surface area contributed by atoms with Gasteiger partial charge in [0.15, 0.2) is 0 Å². The van der Waals surface area contributed by atoms with Gasteiger partial charge in [-0.15, -0.1) is 0 Å². The molecule has 0 aromatic heterocycles. The predicted octanol–water partition coefficient (Wildman–Crippen LogP) is 3.17. The molecule has 0 heterocycles. The summed E-state index contributed by atoms with van der Waals surface area (Å²) in [6.45, 7) is 1.24. The van der Waals surface area contributed by atoms with Gasteiger partial charge in [-0.25, -0.2) is 0 Å². The predicted molar refractivity (Wildman–Crippen MR) is 81.1 cm³/mol. The molecule has 3 heteroatoms. The van der Waals surface area contributed by atoms with Crippen LogP contribution < -0.4 is 15.2 Å². The smallest absolute Gasteiger partial charge is 0.122 e. The lowest BCUT2D eigenvalue weighted by Crippen LogP contribution is -2.03. The zero-order valence-corrected chi connectivity index (χ0v) is 11.8. The molecule has 0 aliphatic rings. The van der Waals surface area contributed by atoms with Crippen LogP contribution >= 0.6 is 0 Å². The number of nitrogens with two attached hydrogens (primary N) is 1. The molecule has 0 spiro atoms. The van der Waals surface area contributed by atoms with Gasteiger partial charge >= 0.3 is 0 Å². The molecular formula is C17H21NO2. The second-order valence-electron chi connectivity index (χ2n) is 4.64. The SMILES string of the molecule is COc1cccc(COc2ccccc2CCCN)c1. The molecule has 0 amide bonds. The van der Waals surface area contributed by atoms with Crippen LogP contribution in [-0.2, 0) is 13.0 Å². The van der Waals surface area contributed by atoms with Crippen molar-refractivity contribution in [3.05, 3.63) is 59.7 Å². The number of benzene rings is 2. The van der Waals surface area contributed by atoms with E-state index in [0.717, 1.165) is 29.9 Å². The Kier molecular flexibility index (Phi) is 5.44. The van der Waals surface area contributed by atoms with Crippen molar-refractivity contribution in [3.63, 3.8) is 0 Å². The van der Waals surface area contributed by atoms with Gasteiger partial charge in [-0.2, -0.15) is 0 Å². The van der Waals surface area contributed by atoms with Gasteiger partial charge in [0.2, 0.25) is 0 Å². The highest BCUT2D eigenvalue weighted by Crippen LogP contribution is 2.21. The number of ether oxygens (including phenoxy) is 2. The third-order valence-electron chi connectivity index (χ3n) is 3.15. The summed E-state index contributed by atoms with van der Waals surface area (Å²) in [4.78, 5) is 0. The number of methoxy groups -OCH3 is 1. The molecule has 0 bridgehead atoms. The quantitative estimate of drug-likeness (QED) is 0.841. The maximum absolute atomic E-state index is 5.92. The van der Waals surface area contributed by atoms with Crippen molar-refractivity contribution < 1.29 is 9.47 Å². The van der Waals surface area contributed by atoms with Crippen molar-refractivity contribution in [2.45, 2.75) is 19.4 Å². The number of rotatable bonds is 7. The molecule has 2 aromatic rings. The first-order valence-electron chi connectivity index (χ1n) is 6.87. The summed E-state index contributed by atoms with van der Waals surface area (Å²) >= 11 is 0. The average molecular weight is 271 g/mol. The number of hydrogen-bond donors (Lipinski definition) is 1. The van der Waals surface area contributed by atoms with E-state index >= 15 is 0 Å². The van der Waals surface area contributed by atoms with E-state index in [1.54, 1.807) is 7.11 Å². The van der Waals surface area contributed by atoms with Crippen LogP contribution in [0.4, 0.5) is 0 Å². The molecule has 2 rings (SSSR count). The molecule has 0 aliphatic heterocycles. The minimum absolute atomic E-state index is 0.539. The lowest BCUT2D eigenvalue weighted by atomic mass is 10.1. The normalized spacial score (nSPS) is 10.3. The highest BCUT2D eigenvalue weighted by Gasteiger charge is 2.03. The molecular weight excluding hydrogens is 250 g/mol. The number of hydrogen-bond acceptors (Lipinski definition) is 3. The van der Waals surface area contributed by atoms with E-state index in [9.17, 15) is 0 Å². The first-order chi connectivity index (χ1) is 9.83. The third kappa shape index (κ3) is 4.00. The Balaban J connectivity index is 2.02. The fourth-order valence-electron chi connectivity index (χ4n) is 2.07. The summed E-state index contributed by atoms with van der Waals surface area (Å²) in [6, 6.07) is 16.0. The van der Waals surface area contributed by atoms with Crippen molar-refractivity contribution >= 4 is 0 Å². The Morgan fingerprint density at radius 3 is 2.70 bits per heavy atom. The van der Waals surface area contributed by atoms with Crippen LogP contribution in [0.1, 0.15) is 17.5 Å². The number of para-hydroxylation sites is 1. The summed E-state index contributed by atoms with van der Waals surface area (Å²) in [5, 5.41) is 0. The minimum Gasteiger partial charge on any atom is -0.497 e. The van der Waals surface area contributed by atoms with Gasteiger partial charge in [0.1, 0.15) is 18.1 Å². The Bertz CT molecular complexity index is 540. The largest absolute Gasteiger partial charge is 0.497 e. The lowest BCUT2D eigenvalue weighted by Gasteiger charge is -2.11. The van der Waals surface area contributed by atoms with E-state index in [0.29, 0.717) is 13.2 Å². The van der Waals surface area contributed by atoms with Gasteiger partial charge < -0.3 is 15.2 Å². The van der Waals surface area contributed by atoms with Gasteiger partial charge in [0.05, 0.1) is 7.11 Å². The van der Waals surface area contributed by atoms with E-state index in [1.165, 1.54) is 5.56 Å². The Labute approximate surface area is 120 Å². The van der Waals surface area contributed by atoms with Crippen molar-refractivity contribution in [2.24, 2.45) is 5.73 Å². The summed E-state index contributed by atoms with van der Waals surface area (Å²) < 4.78 is 11.1. The maximum Gasteiger partial charge on any atom is 0.122 e. The van der Waals surface area contributed by atoms with Gasteiger partial charge in [0, 0.05) is 0 Å². The molecule has 0 aliphatic carbocycles. The molecule has 3 nitrogen and oxygen atoms in total. The number of aryl methyl sites for hydroxylation is 1. The molecule has 2 N–H and O–H groups in total. The van der Waals surface area contributed by atoms with Crippen LogP contribution in [0.5, 0.6) is 11.5 Å². The highest BCUT2D eigenvalue weighted by molar-refractivity contribution is 5.34. The molecule has 0 saturated carbocycles. The zero-order valence-electron chi connectivity index (χ0n) is 11.8. The van der Waals surface area contributed by atoms with Gasteiger partial charge in [-0.1, -0.05) is 30.3 Å². The second kappa shape index (κ2) is 7.56. The van der Waals surface area contributed by atoms with Crippen molar-refractivity contribution in [2.75, 3.05) is 13.7 Å². The van der Waals surface area contributed by atoms with E-state index < -0.39 is 0 Å². The lowest BCUT2D eigenvalue weighted by molar-refractivity contribution is 0.302. The molecule has 0 radical (unpaired) electrons. The van der Waals surface area contributed by atoms with E-state index in [4.69, 9.17) is 15.2 Å². The second-order valence-corrected chi connectivity index (χ2v) is 4.64. The Morgan fingerprint density at radius 1 is 1.05 bits per heavy atom. The standard InChI is InChI=1S/C17H21NO2/c1-19-16-9-4-6-14(12-16)13-20-17-10-3-2-7-15(17)8-5-11-18/h2-4,6-7,9-10,12H,5,8,11,13,18H2,1H3. The first-order valence-corrected chi connectivity index (χ1v) is 6.87. The van der Waals surface area contributed by atoms with Crippen LogP contribution in [-0.4, -0.2) is 13.7 Å². The molecule has 0 unspecified atom stereocenters. The van der Waals surface area contributed by atoms with Crippen LogP contribution in [0.2, 0.25) is 0 Å². The van der Waals surface area contributed by atoms with Crippen molar-refractivity contribution in [3.8, 4) is 11.5 Å². The summed E-state index contributed by atoms with van der Waals surface area (Å²) in [5.74, 6) is 1.78. The third-order valence-corrected chi connectivity index (χ3v) is 3.15. The fraction of sp³-hybridized carbons (Fsp3) is 0.294. The summed E-state index contributed by atoms with van der Waals surface area (Å²) in [7, 11) is 1.67. The van der Waals surface area contributed by atoms with E-state index in [-0.39, 0.29) is 0 Å². The molecule has 20 heavy (non-hydrogen) atoms. The van der Waals surface area contributed by atoms with E-state index in [2.05, 4.69) is 6.07 Å². The minimum atomic E-state index is 0.539. The maximum atomic E-state index is 5.92. The molecule has 106 valence electrons. The van der Waals surface area contributed by atoms with Crippen LogP contribution in [0.15, 0.2) is 48.5 Å². The summed E-state index contributed by atoms with van der Waals surface area (Å²) in [6.07, 6.45) is 1.92. The van der Waals surface area contributed by atoms with Gasteiger partial charge in [0.25, 0.3) is 0 Å². The fourth-order valence-corrected chi connectivity index (χ4v) is 2.07. The van der Waals surface area contributed by atoms with Gasteiger partial charge in [-0.3, -0.25) is 0 Å². The zero-order chi connectivity index (χ0) is 14.2. The van der Waals surface area contributed by atoms with E-state index in [1.807, 2.05) is 42.5 Å². The van der Waals surface area contributed by atoms with Crippen LogP contribution in [0, 0.1) is 0 Å². The van der Waals surface area contributed by atoms with Gasteiger partial charge in [-0.05, 0) is 48.7 Å². The Morgan fingerprint density at radius 2 is 1.90 bits per heavy atom. The van der Waals surface area contributed by atoms with Crippen LogP contribution in [0.3, 0.4) is 0 Å². The average Bonchev–Trinajstić information content (AvgIpc) is 2.52. The molecule has 0 saturated heterocycles. The molecule has 2 aromatic carbocycles. The van der Waals surface area contributed by atoms with Crippen molar-refractivity contribution in [1.82, 2.24) is 0 Å². The molecule has 0 atom stereocenters. The van der Waals surface area contributed by atoms with Crippen molar-refractivity contribution in [1.29, 1.82) is 0 Å². The topological polar surface area (TPSA) is 44.5 Å². The molecule has 0 fully saturated rings. The monoisotopic (exact) mass is 271 g/mol. The highest BCUT2D eigenvalue weighted by atomic mass is 16.5. The summed E-state index contributed by atoms with van der Waals surface area (Å²) in [5.41, 5.74) is 7.87.